The number of halogens is 2. The van der Waals surface area contributed by atoms with Crippen molar-refractivity contribution in [2.45, 2.75) is 18.9 Å². The van der Waals surface area contributed by atoms with Crippen LogP contribution in [-0.4, -0.2) is 33.9 Å². The number of benzene rings is 1. The van der Waals surface area contributed by atoms with Gasteiger partial charge in [-0.2, -0.15) is 4.98 Å². The lowest BCUT2D eigenvalue weighted by Crippen LogP contribution is -2.26. The number of ether oxygens (including phenoxy) is 2. The van der Waals surface area contributed by atoms with Crippen molar-refractivity contribution in [3.8, 4) is 17.0 Å². The Labute approximate surface area is 159 Å². The normalized spacial score (nSPS) is 15.3. The standard InChI is InChI=1S/C18H15Cl2N3O3/c19-14-2-1-3-15(20)17(14)13-8-11-9-16(24)21-10-23(11)22-18(13)26-12-4-6-25-7-5-12/h1-3,8-10,12H,4-7H2. The van der Waals surface area contributed by atoms with Crippen LogP contribution in [0.5, 0.6) is 5.88 Å². The maximum atomic E-state index is 11.6. The van der Waals surface area contributed by atoms with Gasteiger partial charge in [0.1, 0.15) is 12.4 Å². The van der Waals surface area contributed by atoms with Gasteiger partial charge in [0, 0.05) is 24.5 Å². The van der Waals surface area contributed by atoms with E-state index in [4.69, 9.17) is 32.7 Å². The fourth-order valence-corrected chi connectivity index (χ4v) is 3.53. The Morgan fingerprint density at radius 2 is 1.88 bits per heavy atom. The Balaban J connectivity index is 1.89. The van der Waals surface area contributed by atoms with Crippen molar-refractivity contribution in [2.24, 2.45) is 0 Å². The van der Waals surface area contributed by atoms with Gasteiger partial charge in [-0.1, -0.05) is 29.3 Å². The summed E-state index contributed by atoms with van der Waals surface area (Å²) in [7, 11) is 0. The summed E-state index contributed by atoms with van der Waals surface area (Å²) in [5.41, 5.74) is 1.49. The number of fused-ring (bicyclic) bond motifs is 1. The van der Waals surface area contributed by atoms with Crippen LogP contribution in [0.4, 0.5) is 0 Å². The van der Waals surface area contributed by atoms with Crippen LogP contribution in [0.2, 0.25) is 10.0 Å². The molecule has 3 aromatic rings. The molecule has 0 bridgehead atoms. The first kappa shape index (κ1) is 17.3. The number of hydrogen-bond acceptors (Lipinski definition) is 5. The van der Waals surface area contributed by atoms with Gasteiger partial charge in [0.2, 0.25) is 5.88 Å². The second kappa shape index (κ2) is 7.23. The van der Waals surface area contributed by atoms with Crippen molar-refractivity contribution >= 4 is 28.7 Å². The van der Waals surface area contributed by atoms with Gasteiger partial charge in [0.25, 0.3) is 5.56 Å². The minimum absolute atomic E-state index is 0.0129. The summed E-state index contributed by atoms with van der Waals surface area (Å²) in [4.78, 5) is 15.4. The lowest BCUT2D eigenvalue weighted by atomic mass is 10.1. The topological polar surface area (TPSA) is 65.7 Å². The van der Waals surface area contributed by atoms with E-state index in [1.807, 2.05) is 0 Å². The SMILES string of the molecule is O=c1cc2cc(-c3c(Cl)cccc3Cl)c(OC3CCOCC3)nn2cn1. The molecule has 0 saturated carbocycles. The molecular formula is C18H15Cl2N3O3. The largest absolute Gasteiger partial charge is 0.473 e. The van der Waals surface area contributed by atoms with E-state index in [9.17, 15) is 4.79 Å². The minimum Gasteiger partial charge on any atom is -0.473 e. The van der Waals surface area contributed by atoms with Gasteiger partial charge >= 0.3 is 0 Å². The Hall–Kier alpha value is -2.15. The first-order valence-corrected chi connectivity index (χ1v) is 8.96. The molecule has 0 spiro atoms. The van der Waals surface area contributed by atoms with Crippen molar-refractivity contribution in [3.63, 3.8) is 0 Å². The molecule has 8 heteroatoms. The zero-order valence-electron chi connectivity index (χ0n) is 13.7. The van der Waals surface area contributed by atoms with Gasteiger partial charge in [0.05, 0.1) is 34.3 Å². The molecule has 1 fully saturated rings. The van der Waals surface area contributed by atoms with Crippen LogP contribution in [0.3, 0.4) is 0 Å². The predicted molar refractivity (Wildman–Crippen MR) is 99.2 cm³/mol. The summed E-state index contributed by atoms with van der Waals surface area (Å²) in [5.74, 6) is 0.393. The molecule has 26 heavy (non-hydrogen) atoms. The number of aromatic nitrogens is 3. The van der Waals surface area contributed by atoms with Gasteiger partial charge in [-0.15, -0.1) is 5.10 Å². The van der Waals surface area contributed by atoms with E-state index >= 15 is 0 Å². The minimum atomic E-state index is -0.346. The third kappa shape index (κ3) is 3.40. The van der Waals surface area contributed by atoms with E-state index in [1.54, 1.807) is 24.3 Å². The third-order valence-corrected chi connectivity index (χ3v) is 4.86. The number of rotatable bonds is 3. The quantitative estimate of drug-likeness (QED) is 0.681. The second-order valence-electron chi connectivity index (χ2n) is 5.99. The second-order valence-corrected chi connectivity index (χ2v) is 6.80. The molecule has 0 atom stereocenters. The predicted octanol–water partition coefficient (Wildman–Crippen LogP) is 3.62. The number of nitrogens with zero attached hydrogens (tertiary/aromatic N) is 3. The molecule has 0 unspecified atom stereocenters. The van der Waals surface area contributed by atoms with E-state index in [2.05, 4.69) is 10.1 Å². The van der Waals surface area contributed by atoms with Crippen LogP contribution >= 0.6 is 23.2 Å². The molecule has 1 saturated heterocycles. The molecule has 0 amide bonds. The highest BCUT2D eigenvalue weighted by Gasteiger charge is 2.21. The first-order valence-electron chi connectivity index (χ1n) is 8.20. The highest BCUT2D eigenvalue weighted by molar-refractivity contribution is 6.39. The molecule has 3 heterocycles. The Morgan fingerprint density at radius 1 is 1.15 bits per heavy atom. The molecule has 1 aromatic carbocycles. The molecule has 4 rings (SSSR count). The molecule has 2 aromatic heterocycles. The Bertz CT molecular complexity index is 996. The molecule has 6 nitrogen and oxygen atoms in total. The molecule has 0 N–H and O–H groups in total. The van der Waals surface area contributed by atoms with E-state index in [0.29, 0.717) is 45.8 Å². The molecule has 134 valence electrons. The fraction of sp³-hybridized carbons (Fsp3) is 0.278. The lowest BCUT2D eigenvalue weighted by molar-refractivity contribution is 0.0235. The van der Waals surface area contributed by atoms with Crippen LogP contribution in [0.25, 0.3) is 16.6 Å². The van der Waals surface area contributed by atoms with E-state index in [0.717, 1.165) is 12.8 Å². The first-order chi connectivity index (χ1) is 12.6. The highest BCUT2D eigenvalue weighted by atomic mass is 35.5. The monoisotopic (exact) mass is 391 g/mol. The fourth-order valence-electron chi connectivity index (χ4n) is 2.93. The average molecular weight is 392 g/mol. The maximum Gasteiger partial charge on any atom is 0.273 e. The molecule has 1 aliphatic heterocycles. The molecule has 0 radical (unpaired) electrons. The van der Waals surface area contributed by atoms with E-state index in [1.165, 1.54) is 16.9 Å². The van der Waals surface area contributed by atoms with Gasteiger partial charge in [-0.05, 0) is 18.2 Å². The van der Waals surface area contributed by atoms with E-state index in [-0.39, 0.29) is 11.7 Å². The summed E-state index contributed by atoms with van der Waals surface area (Å²) < 4.78 is 13.0. The summed E-state index contributed by atoms with van der Waals surface area (Å²) in [5, 5.41) is 5.47. The van der Waals surface area contributed by atoms with Crippen LogP contribution < -0.4 is 10.3 Å². The van der Waals surface area contributed by atoms with Gasteiger partial charge in [-0.25, -0.2) is 4.52 Å². The lowest BCUT2D eigenvalue weighted by Gasteiger charge is -2.24. The van der Waals surface area contributed by atoms with Crippen LogP contribution in [0.1, 0.15) is 12.8 Å². The van der Waals surface area contributed by atoms with Gasteiger partial charge < -0.3 is 9.47 Å². The Kier molecular flexibility index (Phi) is 4.80. The number of hydrogen-bond donors (Lipinski definition) is 0. The Morgan fingerprint density at radius 3 is 2.62 bits per heavy atom. The highest BCUT2D eigenvalue weighted by Crippen LogP contribution is 2.39. The summed E-state index contributed by atoms with van der Waals surface area (Å²) in [6.07, 6.45) is 2.91. The van der Waals surface area contributed by atoms with Gasteiger partial charge in [0.15, 0.2) is 0 Å². The maximum absolute atomic E-state index is 11.6. The smallest absolute Gasteiger partial charge is 0.273 e. The van der Waals surface area contributed by atoms with Crippen LogP contribution in [0.15, 0.2) is 41.5 Å². The molecule has 0 aliphatic carbocycles. The van der Waals surface area contributed by atoms with Crippen molar-refractivity contribution in [2.75, 3.05) is 13.2 Å². The van der Waals surface area contributed by atoms with Gasteiger partial charge in [-0.3, -0.25) is 4.79 Å². The van der Waals surface area contributed by atoms with Crippen LogP contribution in [0, 0.1) is 0 Å². The van der Waals surface area contributed by atoms with Crippen molar-refractivity contribution in [1.29, 1.82) is 0 Å². The van der Waals surface area contributed by atoms with Crippen molar-refractivity contribution < 1.29 is 9.47 Å². The zero-order valence-corrected chi connectivity index (χ0v) is 15.2. The van der Waals surface area contributed by atoms with E-state index < -0.39 is 0 Å². The zero-order chi connectivity index (χ0) is 18.1. The van der Waals surface area contributed by atoms with Crippen molar-refractivity contribution in [1.82, 2.24) is 14.6 Å². The van der Waals surface area contributed by atoms with Crippen LogP contribution in [-0.2, 0) is 4.74 Å². The molecular weight excluding hydrogens is 377 g/mol. The summed E-state index contributed by atoms with van der Waals surface area (Å²) in [6.45, 7) is 1.29. The third-order valence-electron chi connectivity index (χ3n) is 4.23. The summed E-state index contributed by atoms with van der Waals surface area (Å²) in [6, 6.07) is 8.47. The average Bonchev–Trinajstić information content (AvgIpc) is 2.63. The molecule has 1 aliphatic rings. The summed E-state index contributed by atoms with van der Waals surface area (Å²) >= 11 is 12.8. The van der Waals surface area contributed by atoms with Crippen molar-refractivity contribution in [3.05, 3.63) is 57.1 Å².